The molecule has 3 aromatic rings. The third-order valence-electron chi connectivity index (χ3n) is 6.03. The van der Waals surface area contributed by atoms with Gasteiger partial charge < -0.3 is 19.9 Å². The summed E-state index contributed by atoms with van der Waals surface area (Å²) in [5, 5.41) is 0. The van der Waals surface area contributed by atoms with Crippen molar-refractivity contribution in [1.82, 2.24) is 24.4 Å². The summed E-state index contributed by atoms with van der Waals surface area (Å²) in [6.07, 6.45) is 0.673. The summed E-state index contributed by atoms with van der Waals surface area (Å²) in [6.45, 7) is 3.66. The number of anilines is 1. The van der Waals surface area contributed by atoms with Crippen LogP contribution in [-0.2, 0) is 14.2 Å². The van der Waals surface area contributed by atoms with Crippen molar-refractivity contribution in [3.05, 3.63) is 48.0 Å². The average Bonchev–Trinajstić information content (AvgIpc) is 3.47. The SMILES string of the molecule is CC1(C)OC2C(n3cnc4c(N)ncnc43)O[C@H](CN3C(=O)c4ccccc4C3=O)[C@H]2O1. The first kappa shape index (κ1) is 19.3. The smallest absolute Gasteiger partial charge is 0.261 e. The Morgan fingerprint density at radius 2 is 1.72 bits per heavy atom. The second-order valence-corrected chi connectivity index (χ2v) is 8.48. The van der Waals surface area contributed by atoms with E-state index in [4.69, 9.17) is 19.9 Å². The maximum atomic E-state index is 12.9. The van der Waals surface area contributed by atoms with Gasteiger partial charge >= 0.3 is 0 Å². The van der Waals surface area contributed by atoms with E-state index in [9.17, 15) is 9.59 Å². The van der Waals surface area contributed by atoms with Gasteiger partial charge in [-0.15, -0.1) is 0 Å². The van der Waals surface area contributed by atoms with Crippen molar-refractivity contribution in [2.45, 2.75) is 44.2 Å². The van der Waals surface area contributed by atoms with Crippen molar-refractivity contribution < 1.29 is 23.8 Å². The molecule has 2 N–H and O–H groups in total. The number of aromatic nitrogens is 4. The van der Waals surface area contributed by atoms with Crippen LogP contribution in [-0.4, -0.2) is 66.9 Å². The molecular weight excluding hydrogens is 416 g/mol. The van der Waals surface area contributed by atoms with Crippen molar-refractivity contribution in [2.24, 2.45) is 0 Å². The van der Waals surface area contributed by atoms with Crippen molar-refractivity contribution in [3.63, 3.8) is 0 Å². The highest BCUT2D eigenvalue weighted by atomic mass is 16.8. The van der Waals surface area contributed by atoms with E-state index >= 15 is 0 Å². The molecule has 3 aliphatic heterocycles. The summed E-state index contributed by atoms with van der Waals surface area (Å²) in [5.74, 6) is -1.29. The lowest BCUT2D eigenvalue weighted by Gasteiger charge is -2.26. The Morgan fingerprint density at radius 1 is 1.03 bits per heavy atom. The van der Waals surface area contributed by atoms with Crippen LogP contribution in [0.3, 0.4) is 0 Å². The van der Waals surface area contributed by atoms with Crippen LogP contribution in [0.1, 0.15) is 40.8 Å². The molecule has 32 heavy (non-hydrogen) atoms. The maximum Gasteiger partial charge on any atom is 0.261 e. The van der Waals surface area contributed by atoms with Crippen LogP contribution < -0.4 is 5.73 Å². The number of nitrogen functional groups attached to an aromatic ring is 1. The number of carbonyl (C=O) groups excluding carboxylic acids is 2. The number of imidazole rings is 1. The standard InChI is InChI=1S/C21H20N6O5/c1-21(2)31-14-12(7-26-18(28)10-5-3-4-6-11(10)19(26)29)30-20(15(14)32-21)27-9-25-13-16(22)23-8-24-17(13)27/h3-6,8-9,12,14-15,20H,7H2,1-2H3,(H2,22,23,24)/t12-,14-,15?,20?/m1/s1. The van der Waals surface area contributed by atoms with E-state index in [0.29, 0.717) is 22.3 Å². The molecule has 3 aliphatic rings. The molecule has 0 bridgehead atoms. The summed E-state index contributed by atoms with van der Waals surface area (Å²) in [5.41, 5.74) is 7.65. The van der Waals surface area contributed by atoms with Gasteiger partial charge in [0.25, 0.3) is 11.8 Å². The van der Waals surface area contributed by atoms with Gasteiger partial charge in [-0.25, -0.2) is 15.0 Å². The molecule has 2 fully saturated rings. The first-order valence-corrected chi connectivity index (χ1v) is 10.2. The molecule has 4 atom stereocenters. The van der Waals surface area contributed by atoms with E-state index < -0.39 is 30.3 Å². The average molecular weight is 436 g/mol. The van der Waals surface area contributed by atoms with Gasteiger partial charge in [0.1, 0.15) is 30.2 Å². The first-order valence-electron chi connectivity index (χ1n) is 10.2. The highest BCUT2D eigenvalue weighted by molar-refractivity contribution is 6.21. The molecule has 11 nitrogen and oxygen atoms in total. The number of amides is 2. The van der Waals surface area contributed by atoms with E-state index in [2.05, 4.69) is 15.0 Å². The minimum atomic E-state index is -0.859. The van der Waals surface area contributed by atoms with Gasteiger partial charge in [0.15, 0.2) is 23.5 Å². The summed E-state index contributed by atoms with van der Waals surface area (Å²) in [4.78, 5) is 39.5. The normalized spacial score (nSPS) is 28.5. The third kappa shape index (κ3) is 2.68. The molecule has 2 unspecified atom stereocenters. The molecule has 0 spiro atoms. The molecule has 11 heteroatoms. The minimum absolute atomic E-state index is 0.0349. The monoisotopic (exact) mass is 436 g/mol. The summed E-state index contributed by atoms with van der Waals surface area (Å²) in [6, 6.07) is 6.77. The molecule has 2 saturated heterocycles. The third-order valence-corrected chi connectivity index (χ3v) is 6.03. The Hall–Kier alpha value is -3.41. The zero-order valence-electron chi connectivity index (χ0n) is 17.3. The number of nitrogens with two attached hydrogens (primary N) is 1. The van der Waals surface area contributed by atoms with Crippen molar-refractivity contribution in [2.75, 3.05) is 12.3 Å². The van der Waals surface area contributed by atoms with Gasteiger partial charge in [-0.2, -0.15) is 0 Å². The van der Waals surface area contributed by atoms with Gasteiger partial charge in [0.05, 0.1) is 24.0 Å². The molecule has 1 aromatic carbocycles. The van der Waals surface area contributed by atoms with Crippen LogP contribution >= 0.6 is 0 Å². The van der Waals surface area contributed by atoms with Crippen molar-refractivity contribution in [1.29, 1.82) is 0 Å². The maximum absolute atomic E-state index is 12.9. The Morgan fingerprint density at radius 3 is 2.44 bits per heavy atom. The fourth-order valence-electron chi connectivity index (χ4n) is 4.67. The van der Waals surface area contributed by atoms with Crippen LogP contribution in [0.15, 0.2) is 36.9 Å². The lowest BCUT2D eigenvalue weighted by atomic mass is 10.1. The van der Waals surface area contributed by atoms with Crippen molar-refractivity contribution >= 4 is 28.8 Å². The van der Waals surface area contributed by atoms with E-state index in [0.717, 1.165) is 0 Å². The van der Waals surface area contributed by atoms with Crippen LogP contribution in [0.25, 0.3) is 11.2 Å². The Kier molecular flexibility index (Phi) is 3.95. The van der Waals surface area contributed by atoms with Gasteiger partial charge in [0.2, 0.25) is 0 Å². The fourth-order valence-corrected chi connectivity index (χ4v) is 4.67. The molecule has 0 saturated carbocycles. The molecule has 0 aliphatic carbocycles. The Labute approximate surface area is 182 Å². The van der Waals surface area contributed by atoms with Gasteiger partial charge in [-0.1, -0.05) is 12.1 Å². The molecule has 2 amide bonds. The van der Waals surface area contributed by atoms with Crippen LogP contribution in [0.5, 0.6) is 0 Å². The van der Waals surface area contributed by atoms with E-state index in [1.807, 2.05) is 13.8 Å². The van der Waals surface area contributed by atoms with E-state index in [-0.39, 0.29) is 24.2 Å². The van der Waals surface area contributed by atoms with E-state index in [1.165, 1.54) is 11.2 Å². The zero-order valence-corrected chi connectivity index (χ0v) is 17.3. The van der Waals surface area contributed by atoms with Gasteiger partial charge in [-0.05, 0) is 26.0 Å². The van der Waals surface area contributed by atoms with Gasteiger partial charge in [0, 0.05) is 0 Å². The molecule has 164 valence electrons. The predicted octanol–water partition coefficient (Wildman–Crippen LogP) is 1.12. The van der Waals surface area contributed by atoms with Crippen molar-refractivity contribution in [3.8, 4) is 0 Å². The molecular formula is C21H20N6O5. The van der Waals surface area contributed by atoms with Crippen LogP contribution in [0, 0.1) is 0 Å². The molecule has 0 radical (unpaired) electrons. The lowest BCUT2D eigenvalue weighted by molar-refractivity contribution is -0.196. The number of rotatable bonds is 3. The predicted molar refractivity (Wildman–Crippen MR) is 109 cm³/mol. The van der Waals surface area contributed by atoms with E-state index in [1.54, 1.807) is 35.2 Å². The number of imide groups is 1. The molecule has 5 heterocycles. The van der Waals surface area contributed by atoms with Crippen LogP contribution in [0.2, 0.25) is 0 Å². The topological polar surface area (TPSA) is 135 Å². The van der Waals surface area contributed by atoms with Crippen LogP contribution in [0.4, 0.5) is 5.82 Å². The zero-order chi connectivity index (χ0) is 22.2. The summed E-state index contributed by atoms with van der Waals surface area (Å²) >= 11 is 0. The fraction of sp³-hybridized carbons (Fsp3) is 0.381. The Balaban J connectivity index is 1.34. The molecule has 2 aromatic heterocycles. The first-order chi connectivity index (χ1) is 15.3. The number of hydrogen-bond donors (Lipinski definition) is 1. The number of carbonyl (C=O) groups is 2. The second kappa shape index (κ2) is 6.55. The highest BCUT2D eigenvalue weighted by Gasteiger charge is 2.57. The summed E-state index contributed by atoms with van der Waals surface area (Å²) in [7, 11) is 0. The number of fused-ring (bicyclic) bond motifs is 3. The number of hydrogen-bond acceptors (Lipinski definition) is 9. The second-order valence-electron chi connectivity index (χ2n) is 8.48. The highest BCUT2D eigenvalue weighted by Crippen LogP contribution is 2.44. The number of benzene rings is 1. The lowest BCUT2D eigenvalue weighted by Crippen LogP contribution is -2.42. The minimum Gasteiger partial charge on any atom is -0.382 e. The number of ether oxygens (including phenoxy) is 3. The summed E-state index contributed by atoms with van der Waals surface area (Å²) < 4.78 is 20.3. The Bertz CT molecular complexity index is 1240. The van der Waals surface area contributed by atoms with Gasteiger partial charge in [-0.3, -0.25) is 19.1 Å². The largest absolute Gasteiger partial charge is 0.382 e. The number of nitrogens with zero attached hydrogens (tertiary/aromatic N) is 5. The molecule has 6 rings (SSSR count). The quantitative estimate of drug-likeness (QED) is 0.599.